The van der Waals surface area contributed by atoms with E-state index in [1.54, 1.807) is 43.3 Å². The van der Waals surface area contributed by atoms with E-state index in [0.717, 1.165) is 0 Å². The van der Waals surface area contributed by atoms with E-state index in [4.69, 9.17) is 23.7 Å². The minimum atomic E-state index is -1.30. The molecule has 1 aliphatic rings. The molecule has 0 aromatic heterocycles. The van der Waals surface area contributed by atoms with E-state index in [-0.39, 0.29) is 18.7 Å². The van der Waals surface area contributed by atoms with Crippen LogP contribution in [0.25, 0.3) is 0 Å². The molecule has 0 saturated carbocycles. The van der Waals surface area contributed by atoms with Crippen LogP contribution in [0.3, 0.4) is 0 Å². The van der Waals surface area contributed by atoms with Crippen LogP contribution in [0.1, 0.15) is 28.9 Å². The molecule has 0 bridgehead atoms. The van der Waals surface area contributed by atoms with Crippen LogP contribution in [-0.4, -0.2) is 51.3 Å². The van der Waals surface area contributed by atoms with Crippen LogP contribution in [-0.2, 0) is 14.3 Å². The molecule has 1 N–H and O–H groups in total. The average Bonchev–Trinajstić information content (AvgIpc) is 2.79. The van der Waals surface area contributed by atoms with Crippen molar-refractivity contribution >= 4 is 17.8 Å². The van der Waals surface area contributed by atoms with Gasteiger partial charge in [0.15, 0.2) is 6.10 Å². The van der Waals surface area contributed by atoms with Crippen molar-refractivity contribution in [2.75, 3.05) is 27.4 Å². The number of alkyl carbamates (subject to hydrolysis) is 1. The minimum Gasteiger partial charge on any atom is -0.497 e. The number of carbonyl (C=O) groups excluding carboxylic acids is 3. The number of nitrogens with one attached hydrogen (secondary N) is 1. The first-order valence-corrected chi connectivity index (χ1v) is 9.59. The maximum absolute atomic E-state index is 13.2. The van der Waals surface area contributed by atoms with Gasteiger partial charge in [0.25, 0.3) is 0 Å². The van der Waals surface area contributed by atoms with Gasteiger partial charge < -0.3 is 29.0 Å². The van der Waals surface area contributed by atoms with Gasteiger partial charge in [-0.05, 0) is 37.3 Å². The normalized spacial score (nSPS) is 17.1. The maximum Gasteiger partial charge on any atom is 0.408 e. The van der Waals surface area contributed by atoms with Crippen molar-refractivity contribution in [2.45, 2.75) is 19.1 Å². The van der Waals surface area contributed by atoms with Crippen LogP contribution in [0.4, 0.5) is 4.79 Å². The number of amides is 1. The number of Topliss-reactive ketones (excluding diaryl/α,β-unsaturated/α-hetero) is 1. The summed E-state index contributed by atoms with van der Waals surface area (Å²) < 4.78 is 26.6. The Morgan fingerprint density at radius 1 is 1.06 bits per heavy atom. The van der Waals surface area contributed by atoms with Crippen LogP contribution in [0, 0.1) is 0 Å². The van der Waals surface area contributed by atoms with E-state index >= 15 is 0 Å². The standard InChI is InChI=1S/C22H23NO8/c1-4-29-18(24)12-23-22(26)31-21-19(25)16-11-15(28-3)8-9-17(16)30-20(21)13-6-5-7-14(10-13)27-2/h5-11,20-21H,4,12H2,1-3H3,(H,23,26)/t20-,21+/m0/s1. The number of hydrogen-bond donors (Lipinski definition) is 1. The van der Waals surface area contributed by atoms with E-state index < -0.39 is 30.1 Å². The molecule has 2 aromatic carbocycles. The summed E-state index contributed by atoms with van der Waals surface area (Å²) in [6.45, 7) is 1.45. The van der Waals surface area contributed by atoms with Crippen molar-refractivity contribution in [3.8, 4) is 17.2 Å². The highest BCUT2D eigenvalue weighted by Gasteiger charge is 2.41. The zero-order valence-electron chi connectivity index (χ0n) is 17.4. The molecule has 164 valence electrons. The third kappa shape index (κ3) is 5.06. The Hall–Kier alpha value is -3.75. The highest BCUT2D eigenvalue weighted by molar-refractivity contribution is 6.04. The van der Waals surface area contributed by atoms with Crippen molar-refractivity contribution in [1.29, 1.82) is 0 Å². The molecule has 0 aliphatic carbocycles. The average molecular weight is 429 g/mol. The Labute approximate surface area is 179 Å². The quantitative estimate of drug-likeness (QED) is 0.669. The lowest BCUT2D eigenvalue weighted by atomic mass is 9.93. The third-order valence-electron chi connectivity index (χ3n) is 4.58. The first kappa shape index (κ1) is 21.9. The summed E-state index contributed by atoms with van der Waals surface area (Å²) in [4.78, 5) is 37.0. The molecular weight excluding hydrogens is 406 g/mol. The van der Waals surface area contributed by atoms with Crippen LogP contribution in [0.2, 0.25) is 0 Å². The zero-order valence-corrected chi connectivity index (χ0v) is 17.4. The Balaban J connectivity index is 1.89. The van der Waals surface area contributed by atoms with Gasteiger partial charge in [-0.25, -0.2) is 4.79 Å². The Morgan fingerprint density at radius 2 is 1.81 bits per heavy atom. The zero-order chi connectivity index (χ0) is 22.4. The van der Waals surface area contributed by atoms with Gasteiger partial charge in [-0.15, -0.1) is 0 Å². The Bertz CT molecular complexity index is 974. The van der Waals surface area contributed by atoms with Gasteiger partial charge in [-0.1, -0.05) is 12.1 Å². The molecule has 0 radical (unpaired) electrons. The van der Waals surface area contributed by atoms with E-state index in [9.17, 15) is 14.4 Å². The molecule has 9 heteroatoms. The van der Waals surface area contributed by atoms with E-state index in [0.29, 0.717) is 22.8 Å². The predicted octanol–water partition coefficient (Wildman–Crippen LogP) is 2.68. The molecule has 0 unspecified atom stereocenters. The summed E-state index contributed by atoms with van der Waals surface area (Å²) in [6, 6.07) is 11.7. The lowest BCUT2D eigenvalue weighted by molar-refractivity contribution is -0.141. The Morgan fingerprint density at radius 3 is 2.52 bits per heavy atom. The maximum atomic E-state index is 13.2. The van der Waals surface area contributed by atoms with Gasteiger partial charge >= 0.3 is 12.1 Å². The topological polar surface area (TPSA) is 109 Å². The van der Waals surface area contributed by atoms with E-state index in [1.807, 2.05) is 0 Å². The summed E-state index contributed by atoms with van der Waals surface area (Å²) in [7, 11) is 3.00. The molecule has 0 spiro atoms. The lowest BCUT2D eigenvalue weighted by Crippen LogP contribution is -2.43. The van der Waals surface area contributed by atoms with Crippen LogP contribution in [0.15, 0.2) is 42.5 Å². The lowest BCUT2D eigenvalue weighted by Gasteiger charge is -2.32. The fraction of sp³-hybridized carbons (Fsp3) is 0.318. The second kappa shape index (κ2) is 9.84. The Kier molecular flexibility index (Phi) is 6.96. The number of methoxy groups -OCH3 is 2. The van der Waals surface area contributed by atoms with Gasteiger partial charge in [-0.3, -0.25) is 9.59 Å². The number of ketones is 1. The van der Waals surface area contributed by atoms with Gasteiger partial charge in [0, 0.05) is 5.56 Å². The van der Waals surface area contributed by atoms with Crippen LogP contribution in [0.5, 0.6) is 17.2 Å². The second-order valence-electron chi connectivity index (χ2n) is 6.53. The van der Waals surface area contributed by atoms with E-state index in [1.165, 1.54) is 20.3 Å². The number of rotatable bonds is 7. The smallest absolute Gasteiger partial charge is 0.408 e. The molecule has 3 rings (SSSR count). The fourth-order valence-electron chi connectivity index (χ4n) is 3.11. The van der Waals surface area contributed by atoms with Crippen molar-refractivity contribution in [3.63, 3.8) is 0 Å². The summed E-state index contributed by atoms with van der Waals surface area (Å²) >= 11 is 0. The summed E-state index contributed by atoms with van der Waals surface area (Å²) in [5.41, 5.74) is 0.805. The number of benzene rings is 2. The molecular formula is C22H23NO8. The number of fused-ring (bicyclic) bond motifs is 1. The van der Waals surface area contributed by atoms with Crippen molar-refractivity contribution in [2.24, 2.45) is 0 Å². The third-order valence-corrected chi connectivity index (χ3v) is 4.58. The summed E-state index contributed by atoms with van der Waals surface area (Å²) in [5.74, 6) is 0.274. The number of hydrogen-bond acceptors (Lipinski definition) is 8. The first-order valence-electron chi connectivity index (χ1n) is 9.59. The number of esters is 1. The monoisotopic (exact) mass is 429 g/mol. The molecule has 2 aromatic rings. The fourth-order valence-corrected chi connectivity index (χ4v) is 3.11. The van der Waals surface area contributed by atoms with Crippen molar-refractivity contribution < 1.29 is 38.1 Å². The van der Waals surface area contributed by atoms with Gasteiger partial charge in [0.05, 0.1) is 26.4 Å². The number of ether oxygens (including phenoxy) is 5. The first-order chi connectivity index (χ1) is 15.0. The molecule has 2 atom stereocenters. The summed E-state index contributed by atoms with van der Waals surface area (Å²) in [5, 5.41) is 2.28. The second-order valence-corrected chi connectivity index (χ2v) is 6.53. The largest absolute Gasteiger partial charge is 0.497 e. The van der Waals surface area contributed by atoms with Crippen LogP contribution >= 0.6 is 0 Å². The molecule has 1 heterocycles. The van der Waals surface area contributed by atoms with Gasteiger partial charge in [-0.2, -0.15) is 0 Å². The predicted molar refractivity (Wildman–Crippen MR) is 109 cm³/mol. The molecule has 9 nitrogen and oxygen atoms in total. The molecule has 1 aliphatic heterocycles. The van der Waals surface area contributed by atoms with Gasteiger partial charge in [0.1, 0.15) is 23.8 Å². The molecule has 31 heavy (non-hydrogen) atoms. The van der Waals surface area contributed by atoms with Crippen molar-refractivity contribution in [1.82, 2.24) is 5.32 Å². The van der Waals surface area contributed by atoms with Crippen LogP contribution < -0.4 is 19.5 Å². The minimum absolute atomic E-state index is 0.182. The molecule has 1 amide bonds. The molecule has 0 fully saturated rings. The highest BCUT2D eigenvalue weighted by Crippen LogP contribution is 2.39. The SMILES string of the molecule is CCOC(=O)CNC(=O)O[C@@H]1C(=O)c2cc(OC)ccc2O[C@H]1c1cccc(OC)c1. The number of carbonyl (C=O) groups is 3. The molecule has 0 saturated heterocycles. The van der Waals surface area contributed by atoms with Crippen molar-refractivity contribution in [3.05, 3.63) is 53.6 Å². The van der Waals surface area contributed by atoms with Gasteiger partial charge in [0.2, 0.25) is 11.9 Å². The summed E-state index contributed by atoms with van der Waals surface area (Å²) in [6.07, 6.45) is -3.17. The van der Waals surface area contributed by atoms with E-state index in [2.05, 4.69) is 5.32 Å². The highest BCUT2D eigenvalue weighted by atomic mass is 16.6.